The molecule has 0 heterocycles. The van der Waals surface area contributed by atoms with Gasteiger partial charge in [-0.1, -0.05) is 152 Å². The Morgan fingerprint density at radius 2 is 0.814 bits per heavy atom. The Morgan fingerprint density at radius 1 is 0.465 bits per heavy atom. The summed E-state index contributed by atoms with van der Waals surface area (Å²) in [6, 6.07) is 0. The third-order valence-corrected chi connectivity index (χ3v) is 8.71. The zero-order valence-corrected chi connectivity index (χ0v) is 29.7. The predicted octanol–water partition coefficient (Wildman–Crippen LogP) is 12.9. The molecule has 0 spiro atoms. The summed E-state index contributed by atoms with van der Waals surface area (Å²) in [4.78, 5) is 2.47. The molecule has 0 aromatic rings. The number of hydrogen-bond acceptors (Lipinski definition) is 2. The molecule has 2 N–H and O–H groups in total. The van der Waals surface area contributed by atoms with Gasteiger partial charge in [-0.15, -0.1) is 0 Å². The van der Waals surface area contributed by atoms with E-state index in [0.717, 1.165) is 31.8 Å². The quantitative estimate of drug-likeness (QED) is 0.0589. The van der Waals surface area contributed by atoms with Gasteiger partial charge >= 0.3 is 0 Å². The third-order valence-electron chi connectivity index (χ3n) is 8.71. The first kappa shape index (κ1) is 41.9. The van der Waals surface area contributed by atoms with Gasteiger partial charge in [0.15, 0.2) is 0 Å². The Bertz CT molecular complexity index is 584. The van der Waals surface area contributed by atoms with E-state index in [2.05, 4.69) is 74.4 Å². The average molecular weight is 599 g/mol. The number of nitrogens with zero attached hydrogens (tertiary/aromatic N) is 1. The maximum absolute atomic E-state index is 5.83. The summed E-state index contributed by atoms with van der Waals surface area (Å²) >= 11 is 0. The smallest absolute Gasteiger partial charge is 0.0102 e. The monoisotopic (exact) mass is 599 g/mol. The van der Waals surface area contributed by atoms with Crippen LogP contribution in [0.15, 0.2) is 48.6 Å². The van der Waals surface area contributed by atoms with Crippen LogP contribution in [0.3, 0.4) is 0 Å². The molecule has 0 aromatic heterocycles. The fourth-order valence-corrected chi connectivity index (χ4v) is 5.92. The van der Waals surface area contributed by atoms with Crippen LogP contribution in [0.2, 0.25) is 0 Å². The average Bonchev–Trinajstić information content (AvgIpc) is 3.00. The zero-order chi connectivity index (χ0) is 31.3. The highest BCUT2D eigenvalue weighted by atomic mass is 15.1. The maximum Gasteiger partial charge on any atom is 0.0102 e. The van der Waals surface area contributed by atoms with E-state index in [1.54, 1.807) is 0 Å². The first-order valence-electron chi connectivity index (χ1n) is 19.2. The van der Waals surface area contributed by atoms with Crippen molar-refractivity contribution in [2.75, 3.05) is 26.7 Å². The van der Waals surface area contributed by atoms with Crippen molar-refractivity contribution in [1.29, 1.82) is 0 Å². The number of likely N-dealkylation sites (N-methyl/N-ethyl adjacent to an activating group) is 1. The lowest BCUT2D eigenvalue weighted by Gasteiger charge is -2.24. The summed E-state index contributed by atoms with van der Waals surface area (Å²) in [6.07, 6.45) is 53.8. The molecule has 0 aliphatic carbocycles. The molecule has 43 heavy (non-hydrogen) atoms. The Morgan fingerprint density at radius 3 is 1.19 bits per heavy atom. The van der Waals surface area contributed by atoms with Gasteiger partial charge in [-0.3, -0.25) is 0 Å². The van der Waals surface area contributed by atoms with Gasteiger partial charge in [0.05, 0.1) is 0 Å². The van der Waals surface area contributed by atoms with E-state index in [-0.39, 0.29) is 0 Å². The van der Waals surface area contributed by atoms with Crippen LogP contribution in [0.5, 0.6) is 0 Å². The second-order valence-electron chi connectivity index (χ2n) is 13.2. The summed E-state index contributed by atoms with van der Waals surface area (Å²) < 4.78 is 0. The molecule has 0 aromatic carbocycles. The number of unbranched alkanes of at least 4 members (excludes halogenated alkanes) is 18. The van der Waals surface area contributed by atoms with Crippen LogP contribution in [0.1, 0.15) is 181 Å². The second-order valence-corrected chi connectivity index (χ2v) is 13.2. The van der Waals surface area contributed by atoms with E-state index in [4.69, 9.17) is 5.73 Å². The van der Waals surface area contributed by atoms with Crippen LogP contribution in [0.4, 0.5) is 0 Å². The Balaban J connectivity index is 3.80. The fourth-order valence-electron chi connectivity index (χ4n) is 5.92. The molecule has 2 heteroatoms. The molecular weight excluding hydrogens is 520 g/mol. The van der Waals surface area contributed by atoms with E-state index < -0.39 is 0 Å². The van der Waals surface area contributed by atoms with Crippen molar-refractivity contribution in [3.63, 3.8) is 0 Å². The van der Waals surface area contributed by atoms with Crippen molar-refractivity contribution in [2.24, 2.45) is 11.7 Å². The first-order valence-corrected chi connectivity index (χ1v) is 19.2. The minimum atomic E-state index is 0.777. The van der Waals surface area contributed by atoms with Crippen molar-refractivity contribution < 1.29 is 0 Å². The molecular formula is C41H78N2. The summed E-state index contributed by atoms with van der Waals surface area (Å²) in [6.45, 7) is 7.59. The molecule has 0 amide bonds. The zero-order valence-electron chi connectivity index (χ0n) is 29.7. The molecule has 0 fully saturated rings. The van der Waals surface area contributed by atoms with Crippen molar-refractivity contribution in [1.82, 2.24) is 4.90 Å². The maximum atomic E-state index is 5.83. The van der Waals surface area contributed by atoms with Gasteiger partial charge in [0, 0.05) is 19.6 Å². The van der Waals surface area contributed by atoms with Gasteiger partial charge in [0.1, 0.15) is 0 Å². The summed E-state index contributed by atoms with van der Waals surface area (Å²) in [7, 11) is 2.26. The van der Waals surface area contributed by atoms with Crippen LogP contribution in [-0.2, 0) is 0 Å². The van der Waals surface area contributed by atoms with E-state index in [9.17, 15) is 0 Å². The van der Waals surface area contributed by atoms with Crippen molar-refractivity contribution in [3.05, 3.63) is 48.6 Å². The van der Waals surface area contributed by atoms with Gasteiger partial charge < -0.3 is 10.6 Å². The lowest BCUT2D eigenvalue weighted by atomic mass is 9.93. The number of hydrogen-bond donors (Lipinski definition) is 1. The van der Waals surface area contributed by atoms with Crippen LogP contribution in [-0.4, -0.2) is 31.6 Å². The van der Waals surface area contributed by atoms with Crippen molar-refractivity contribution >= 4 is 0 Å². The molecule has 0 bridgehead atoms. The Hall–Kier alpha value is -1.12. The summed E-state index contributed by atoms with van der Waals surface area (Å²) in [5.74, 6) is 0.855. The van der Waals surface area contributed by atoms with E-state index in [0.29, 0.717) is 0 Å². The highest BCUT2D eigenvalue weighted by molar-refractivity contribution is 4.93. The predicted molar refractivity (Wildman–Crippen MR) is 198 cm³/mol. The molecule has 0 aliphatic rings. The third kappa shape index (κ3) is 35.2. The van der Waals surface area contributed by atoms with Crippen LogP contribution >= 0.6 is 0 Å². The van der Waals surface area contributed by atoms with Gasteiger partial charge in [-0.05, 0) is 90.0 Å². The first-order chi connectivity index (χ1) is 21.2. The number of nitrogens with two attached hydrogens (primary N) is 1. The van der Waals surface area contributed by atoms with Crippen molar-refractivity contribution in [2.45, 2.75) is 181 Å². The molecule has 0 rings (SSSR count). The lowest BCUT2D eigenvalue weighted by molar-refractivity contribution is 0.254. The van der Waals surface area contributed by atoms with E-state index >= 15 is 0 Å². The highest BCUT2D eigenvalue weighted by Crippen LogP contribution is 2.20. The lowest BCUT2D eigenvalue weighted by Crippen LogP contribution is -2.30. The molecule has 0 radical (unpaired) electrons. The van der Waals surface area contributed by atoms with Gasteiger partial charge in [0.25, 0.3) is 0 Å². The van der Waals surface area contributed by atoms with Crippen LogP contribution < -0.4 is 5.73 Å². The summed E-state index contributed by atoms with van der Waals surface area (Å²) in [5.41, 5.74) is 5.83. The molecule has 2 nitrogen and oxygen atoms in total. The van der Waals surface area contributed by atoms with Gasteiger partial charge in [-0.25, -0.2) is 0 Å². The molecule has 0 saturated carbocycles. The molecule has 252 valence electrons. The van der Waals surface area contributed by atoms with Crippen LogP contribution in [0.25, 0.3) is 0 Å². The molecule has 0 saturated heterocycles. The standard InChI is InChI=1S/C41H78N2/c1-4-6-8-10-12-14-16-18-20-22-24-26-28-30-32-34-36-41(40-43(3)39-38-42)37-35-33-31-29-27-25-23-21-19-17-15-13-11-9-7-5-2/h12-15,18-21,41H,4-11,16-17,22-40,42H2,1-3H3/b14-12-,15-13-,20-18-,21-19-. The van der Waals surface area contributed by atoms with E-state index in [1.165, 1.54) is 161 Å². The van der Waals surface area contributed by atoms with E-state index in [1.807, 2.05) is 0 Å². The number of allylic oxidation sites excluding steroid dienone is 8. The minimum Gasteiger partial charge on any atom is -0.329 e. The fraction of sp³-hybridized carbons (Fsp3) is 0.805. The molecule has 0 atom stereocenters. The molecule has 0 aliphatic heterocycles. The van der Waals surface area contributed by atoms with Gasteiger partial charge in [-0.2, -0.15) is 0 Å². The SMILES string of the molecule is CCCCC/C=C\C/C=C\CCCCCCCCC(CCCCCCCC/C=C\C/C=C\CCCCC)CN(C)CCN. The minimum absolute atomic E-state index is 0.777. The van der Waals surface area contributed by atoms with Crippen molar-refractivity contribution in [3.8, 4) is 0 Å². The largest absolute Gasteiger partial charge is 0.329 e. The highest BCUT2D eigenvalue weighted by Gasteiger charge is 2.11. The Kier molecular flexibility index (Phi) is 36.1. The second kappa shape index (κ2) is 37.1. The molecule has 0 unspecified atom stereocenters. The van der Waals surface area contributed by atoms with Crippen LogP contribution in [0, 0.1) is 5.92 Å². The van der Waals surface area contributed by atoms with Gasteiger partial charge in [0.2, 0.25) is 0 Å². The number of rotatable bonds is 34. The topological polar surface area (TPSA) is 29.3 Å². The normalized spacial score (nSPS) is 12.6. The Labute approximate surface area is 272 Å². The summed E-state index contributed by atoms with van der Waals surface area (Å²) in [5, 5.41) is 0.